The van der Waals surface area contributed by atoms with E-state index in [9.17, 15) is 10.1 Å². The Morgan fingerprint density at radius 3 is 2.80 bits per heavy atom. The number of hydrogen-bond donors (Lipinski definition) is 0. The third kappa shape index (κ3) is 2.47. The molecule has 1 atom stereocenters. The molecule has 5 heteroatoms. The van der Waals surface area contributed by atoms with E-state index in [0.717, 1.165) is 18.5 Å². The van der Waals surface area contributed by atoms with E-state index in [-0.39, 0.29) is 5.91 Å². The highest BCUT2D eigenvalue weighted by atomic mass is 16.5. The molecule has 2 rings (SSSR count). The minimum atomic E-state index is -0.505. The van der Waals surface area contributed by atoms with Gasteiger partial charge in [0, 0.05) is 12.1 Å². The van der Waals surface area contributed by atoms with Crippen LogP contribution in [0.25, 0.3) is 0 Å². The maximum Gasteiger partial charge on any atom is 0.259 e. The van der Waals surface area contributed by atoms with E-state index in [1.54, 1.807) is 18.1 Å². The minimum Gasteiger partial charge on any atom is -0.496 e. The molecule has 0 aromatic heterocycles. The molecule has 1 amide bonds. The predicted octanol–water partition coefficient (Wildman–Crippen LogP) is 1.67. The van der Waals surface area contributed by atoms with E-state index >= 15 is 0 Å². The molecule has 0 N–H and O–H groups in total. The minimum absolute atomic E-state index is 0.109. The molecule has 5 nitrogen and oxygen atoms in total. The molecule has 1 aromatic carbocycles. The molecule has 1 aromatic rings. The fraction of sp³-hybridized carbons (Fsp3) is 0.467. The fourth-order valence-electron chi connectivity index (χ4n) is 2.53. The second-order valence-corrected chi connectivity index (χ2v) is 5.11. The van der Waals surface area contributed by atoms with Crippen molar-refractivity contribution in [2.24, 2.45) is 0 Å². The third-order valence-corrected chi connectivity index (χ3v) is 3.49. The first-order valence-electron chi connectivity index (χ1n) is 6.62. The van der Waals surface area contributed by atoms with E-state index in [2.05, 4.69) is 11.0 Å². The summed E-state index contributed by atoms with van der Waals surface area (Å²) >= 11 is 0. The van der Waals surface area contributed by atoms with Crippen LogP contribution < -0.4 is 4.74 Å². The Labute approximate surface area is 119 Å². The van der Waals surface area contributed by atoms with Crippen LogP contribution in [0, 0.1) is 11.3 Å². The first-order chi connectivity index (χ1) is 9.60. The zero-order valence-electron chi connectivity index (χ0n) is 12.1. The van der Waals surface area contributed by atoms with E-state index < -0.39 is 6.04 Å². The van der Waals surface area contributed by atoms with Crippen LogP contribution in [0.1, 0.15) is 28.4 Å². The third-order valence-electron chi connectivity index (χ3n) is 3.49. The molecule has 106 valence electrons. The Balaban J connectivity index is 2.25. The first-order valence-corrected chi connectivity index (χ1v) is 6.62. The van der Waals surface area contributed by atoms with Gasteiger partial charge in [0.15, 0.2) is 0 Å². The summed E-state index contributed by atoms with van der Waals surface area (Å²) in [6.07, 6.45) is 0.841. The lowest BCUT2D eigenvalue weighted by molar-refractivity contribution is 0.0749. The highest BCUT2D eigenvalue weighted by Crippen LogP contribution is 2.38. The van der Waals surface area contributed by atoms with Gasteiger partial charge in [-0.1, -0.05) is 12.1 Å². The maximum absolute atomic E-state index is 12.5. The standard InChI is InChI=1S/C15H19N3O2/c1-17(2)8-5-9-18-12(10-16)11-6-4-7-13(20-3)14(11)15(18)19/h4,6-7,12H,5,8-9H2,1-3H3. The monoisotopic (exact) mass is 273 g/mol. The van der Waals surface area contributed by atoms with Gasteiger partial charge in [0.1, 0.15) is 11.8 Å². The number of carbonyl (C=O) groups is 1. The van der Waals surface area contributed by atoms with Crippen LogP contribution in [-0.4, -0.2) is 50.0 Å². The lowest BCUT2D eigenvalue weighted by Crippen LogP contribution is -2.30. The van der Waals surface area contributed by atoms with Crippen molar-refractivity contribution in [2.75, 3.05) is 34.3 Å². The summed E-state index contributed by atoms with van der Waals surface area (Å²) in [4.78, 5) is 16.2. The van der Waals surface area contributed by atoms with Gasteiger partial charge in [0.05, 0.1) is 18.7 Å². The Bertz CT molecular complexity index is 549. The SMILES string of the molecule is COc1cccc2c1C(=O)N(CCCN(C)C)C2C#N. The molecule has 1 heterocycles. The van der Waals surface area contributed by atoms with Gasteiger partial charge in [0.25, 0.3) is 5.91 Å². The van der Waals surface area contributed by atoms with Crippen LogP contribution in [0.15, 0.2) is 18.2 Å². The molecule has 1 aliphatic heterocycles. The van der Waals surface area contributed by atoms with Crippen LogP contribution in [0.2, 0.25) is 0 Å². The summed E-state index contributed by atoms with van der Waals surface area (Å²) in [5.74, 6) is 0.436. The molecule has 0 saturated carbocycles. The number of amides is 1. The number of fused-ring (bicyclic) bond motifs is 1. The summed E-state index contributed by atoms with van der Waals surface area (Å²) in [6.45, 7) is 1.46. The maximum atomic E-state index is 12.5. The molecule has 0 radical (unpaired) electrons. The quantitative estimate of drug-likeness (QED) is 0.819. The number of hydrogen-bond acceptors (Lipinski definition) is 4. The first kappa shape index (κ1) is 14.4. The van der Waals surface area contributed by atoms with Crippen molar-refractivity contribution in [3.8, 4) is 11.8 Å². The van der Waals surface area contributed by atoms with Gasteiger partial charge in [-0.3, -0.25) is 4.79 Å². The number of rotatable bonds is 5. The van der Waals surface area contributed by atoms with Gasteiger partial charge in [0.2, 0.25) is 0 Å². The predicted molar refractivity (Wildman–Crippen MR) is 75.6 cm³/mol. The van der Waals surface area contributed by atoms with Crippen LogP contribution in [0.4, 0.5) is 0 Å². The molecule has 0 spiro atoms. The van der Waals surface area contributed by atoms with Crippen molar-refractivity contribution in [1.29, 1.82) is 5.26 Å². The molecule has 0 saturated heterocycles. The topological polar surface area (TPSA) is 56.6 Å². The van der Waals surface area contributed by atoms with Crippen molar-refractivity contribution in [3.63, 3.8) is 0 Å². The van der Waals surface area contributed by atoms with E-state index in [1.807, 2.05) is 26.2 Å². The van der Waals surface area contributed by atoms with Crippen molar-refractivity contribution in [1.82, 2.24) is 9.80 Å². The van der Waals surface area contributed by atoms with Crippen molar-refractivity contribution in [2.45, 2.75) is 12.5 Å². The second kappa shape index (κ2) is 5.93. The lowest BCUT2D eigenvalue weighted by atomic mass is 10.0. The molecule has 0 fully saturated rings. The fourth-order valence-corrected chi connectivity index (χ4v) is 2.53. The van der Waals surface area contributed by atoms with Gasteiger partial charge < -0.3 is 14.5 Å². The van der Waals surface area contributed by atoms with Gasteiger partial charge in [-0.25, -0.2) is 0 Å². The highest BCUT2D eigenvalue weighted by molar-refractivity contribution is 6.02. The summed E-state index contributed by atoms with van der Waals surface area (Å²) in [7, 11) is 5.52. The van der Waals surface area contributed by atoms with Crippen molar-refractivity contribution >= 4 is 5.91 Å². The summed E-state index contributed by atoms with van der Waals surface area (Å²) in [6, 6.07) is 7.13. The molecule has 1 unspecified atom stereocenters. The molecular weight excluding hydrogens is 254 g/mol. The van der Waals surface area contributed by atoms with E-state index in [0.29, 0.717) is 17.9 Å². The normalized spacial score (nSPS) is 17.2. The van der Waals surface area contributed by atoms with Crippen LogP contribution in [0.5, 0.6) is 5.75 Å². The zero-order valence-corrected chi connectivity index (χ0v) is 12.1. The number of carbonyl (C=O) groups excluding carboxylic acids is 1. The van der Waals surface area contributed by atoms with E-state index in [4.69, 9.17) is 4.74 Å². The zero-order chi connectivity index (χ0) is 14.7. The van der Waals surface area contributed by atoms with Crippen molar-refractivity contribution in [3.05, 3.63) is 29.3 Å². The highest BCUT2D eigenvalue weighted by Gasteiger charge is 2.38. The second-order valence-electron chi connectivity index (χ2n) is 5.11. The van der Waals surface area contributed by atoms with Gasteiger partial charge in [-0.15, -0.1) is 0 Å². The van der Waals surface area contributed by atoms with Crippen LogP contribution in [0.3, 0.4) is 0 Å². The summed E-state index contributed by atoms with van der Waals surface area (Å²) < 4.78 is 5.25. The van der Waals surface area contributed by atoms with E-state index in [1.165, 1.54) is 0 Å². The Morgan fingerprint density at radius 2 is 2.20 bits per heavy atom. The lowest BCUT2D eigenvalue weighted by Gasteiger charge is -2.21. The molecule has 1 aliphatic rings. The van der Waals surface area contributed by atoms with Crippen LogP contribution in [-0.2, 0) is 0 Å². The number of benzene rings is 1. The van der Waals surface area contributed by atoms with Crippen molar-refractivity contribution < 1.29 is 9.53 Å². The number of nitriles is 1. The Morgan fingerprint density at radius 1 is 1.45 bits per heavy atom. The number of ether oxygens (including phenoxy) is 1. The summed E-state index contributed by atoms with van der Waals surface area (Å²) in [5, 5.41) is 9.38. The Kier molecular flexibility index (Phi) is 4.26. The van der Waals surface area contributed by atoms with Gasteiger partial charge >= 0.3 is 0 Å². The average molecular weight is 273 g/mol. The smallest absolute Gasteiger partial charge is 0.259 e. The number of nitrogens with zero attached hydrogens (tertiary/aromatic N) is 3. The average Bonchev–Trinajstić information content (AvgIpc) is 2.71. The molecule has 20 heavy (non-hydrogen) atoms. The van der Waals surface area contributed by atoms with Crippen LogP contribution >= 0.6 is 0 Å². The molecule has 0 aliphatic carbocycles. The van der Waals surface area contributed by atoms with Gasteiger partial charge in [-0.05, 0) is 33.1 Å². The largest absolute Gasteiger partial charge is 0.496 e. The molecule has 0 bridgehead atoms. The Hall–Kier alpha value is -2.06. The number of methoxy groups -OCH3 is 1. The molecular formula is C15H19N3O2. The van der Waals surface area contributed by atoms with Gasteiger partial charge in [-0.2, -0.15) is 5.26 Å². The summed E-state index contributed by atoms with van der Waals surface area (Å²) in [5.41, 5.74) is 1.29.